The van der Waals surface area contributed by atoms with Crippen LogP contribution in [0.2, 0.25) is 0 Å². The van der Waals surface area contributed by atoms with Crippen molar-refractivity contribution in [1.82, 2.24) is 0 Å². The lowest BCUT2D eigenvalue weighted by atomic mass is 10.1. The molecule has 1 atom stereocenters. The second-order valence-electron chi connectivity index (χ2n) is 4.03. The van der Waals surface area contributed by atoms with Gasteiger partial charge in [0, 0.05) is 6.07 Å². The van der Waals surface area contributed by atoms with E-state index in [0.29, 0.717) is 12.2 Å². The van der Waals surface area contributed by atoms with Crippen molar-refractivity contribution in [2.24, 2.45) is 0 Å². The Bertz CT molecular complexity index is 525. The monoisotopic (exact) mass is 248 g/mol. The minimum absolute atomic E-state index is 0.275. The topological polar surface area (TPSA) is 9.23 Å². The lowest BCUT2D eigenvalue weighted by Crippen LogP contribution is -2.06. The molecule has 0 aliphatic rings. The molecule has 0 spiro atoms. The average molecular weight is 248 g/mol. The van der Waals surface area contributed by atoms with Crippen molar-refractivity contribution in [2.75, 3.05) is 0 Å². The zero-order valence-corrected chi connectivity index (χ0v) is 10.1. The van der Waals surface area contributed by atoms with Crippen molar-refractivity contribution in [1.29, 1.82) is 0 Å². The quantitative estimate of drug-likeness (QED) is 0.774. The lowest BCUT2D eigenvalue weighted by Gasteiger charge is -2.18. The number of rotatable bonds is 4. The Hall–Kier alpha value is -1.90. The van der Waals surface area contributed by atoms with Crippen LogP contribution in [0.1, 0.15) is 25.0 Å². The highest BCUT2D eigenvalue weighted by Gasteiger charge is 2.12. The van der Waals surface area contributed by atoms with E-state index >= 15 is 0 Å². The Balaban J connectivity index is 2.19. The first-order valence-electron chi connectivity index (χ1n) is 5.86. The van der Waals surface area contributed by atoms with Gasteiger partial charge in [-0.2, -0.15) is 0 Å². The second kappa shape index (κ2) is 5.63. The van der Waals surface area contributed by atoms with Crippen LogP contribution in [0.25, 0.3) is 0 Å². The summed E-state index contributed by atoms with van der Waals surface area (Å²) in [5, 5.41) is 0. The minimum Gasteiger partial charge on any atom is -0.486 e. The van der Waals surface area contributed by atoms with Gasteiger partial charge in [-0.15, -0.1) is 0 Å². The van der Waals surface area contributed by atoms with Crippen LogP contribution in [0, 0.1) is 11.6 Å². The predicted octanol–water partition coefficient (Wildman–Crippen LogP) is 4.49. The maximum Gasteiger partial charge on any atom is 0.126 e. The summed E-state index contributed by atoms with van der Waals surface area (Å²) in [4.78, 5) is 0. The second-order valence-corrected chi connectivity index (χ2v) is 4.03. The van der Waals surface area contributed by atoms with Crippen molar-refractivity contribution < 1.29 is 13.5 Å². The normalized spacial score (nSPS) is 12.2. The van der Waals surface area contributed by atoms with Crippen LogP contribution in [-0.4, -0.2) is 0 Å². The first-order chi connectivity index (χ1) is 8.69. The zero-order valence-electron chi connectivity index (χ0n) is 10.1. The Morgan fingerprint density at radius 1 is 1.00 bits per heavy atom. The predicted molar refractivity (Wildman–Crippen MR) is 66.5 cm³/mol. The van der Waals surface area contributed by atoms with Crippen molar-refractivity contribution in [3.05, 3.63) is 65.7 Å². The standard InChI is InChI=1S/C15H14F2O/c1-2-15(11-5-3-6-12(16)9-11)18-14-8-4-7-13(17)10-14/h3-10,15H,2H2,1H3. The van der Waals surface area contributed by atoms with E-state index in [1.807, 2.05) is 6.92 Å². The minimum atomic E-state index is -0.346. The molecule has 0 saturated heterocycles. The number of halogens is 2. The van der Waals surface area contributed by atoms with Gasteiger partial charge >= 0.3 is 0 Å². The van der Waals surface area contributed by atoms with Crippen LogP contribution in [-0.2, 0) is 0 Å². The molecule has 1 unspecified atom stereocenters. The third kappa shape index (κ3) is 3.06. The Kier molecular flexibility index (Phi) is 3.92. The number of hydrogen-bond donors (Lipinski definition) is 0. The van der Waals surface area contributed by atoms with Gasteiger partial charge < -0.3 is 4.74 Å². The smallest absolute Gasteiger partial charge is 0.126 e. The molecule has 2 rings (SSSR count). The van der Waals surface area contributed by atoms with Gasteiger partial charge in [0.2, 0.25) is 0 Å². The van der Waals surface area contributed by atoms with E-state index in [2.05, 4.69) is 0 Å². The van der Waals surface area contributed by atoms with Crippen LogP contribution in [0.3, 0.4) is 0 Å². The molecule has 0 saturated carbocycles. The van der Waals surface area contributed by atoms with Crippen LogP contribution in [0.4, 0.5) is 8.78 Å². The number of ether oxygens (including phenoxy) is 1. The molecule has 0 radical (unpaired) electrons. The van der Waals surface area contributed by atoms with Crippen LogP contribution in [0.15, 0.2) is 48.5 Å². The molecule has 1 nitrogen and oxygen atoms in total. The maximum atomic E-state index is 13.2. The summed E-state index contributed by atoms with van der Waals surface area (Å²) in [6, 6.07) is 12.2. The molecule has 0 aromatic heterocycles. The molecule has 0 amide bonds. The zero-order chi connectivity index (χ0) is 13.0. The molecule has 3 heteroatoms. The van der Waals surface area contributed by atoms with Gasteiger partial charge in [-0.25, -0.2) is 8.78 Å². The van der Waals surface area contributed by atoms with Crippen molar-refractivity contribution >= 4 is 0 Å². The highest BCUT2D eigenvalue weighted by atomic mass is 19.1. The fourth-order valence-corrected chi connectivity index (χ4v) is 1.80. The van der Waals surface area contributed by atoms with E-state index < -0.39 is 0 Å². The molecule has 0 fully saturated rings. The summed E-state index contributed by atoms with van der Waals surface area (Å²) in [7, 11) is 0. The van der Waals surface area contributed by atoms with Gasteiger partial charge in [0.15, 0.2) is 0 Å². The maximum absolute atomic E-state index is 13.2. The van der Waals surface area contributed by atoms with E-state index in [0.717, 1.165) is 5.56 Å². The van der Waals surface area contributed by atoms with Crippen molar-refractivity contribution in [3.8, 4) is 5.75 Å². The molecule has 2 aromatic rings. The molecule has 18 heavy (non-hydrogen) atoms. The summed E-state index contributed by atoms with van der Waals surface area (Å²) in [5.41, 5.74) is 0.752. The molecule has 0 heterocycles. The van der Waals surface area contributed by atoms with E-state index in [1.165, 1.54) is 24.3 Å². The molecular weight excluding hydrogens is 234 g/mol. The number of hydrogen-bond acceptors (Lipinski definition) is 1. The van der Waals surface area contributed by atoms with Crippen LogP contribution in [0.5, 0.6) is 5.75 Å². The largest absolute Gasteiger partial charge is 0.486 e. The molecule has 0 aliphatic carbocycles. The van der Waals surface area contributed by atoms with Gasteiger partial charge in [-0.05, 0) is 36.2 Å². The highest BCUT2D eigenvalue weighted by Crippen LogP contribution is 2.25. The summed E-state index contributed by atoms with van der Waals surface area (Å²) in [5.74, 6) is -0.193. The number of benzene rings is 2. The van der Waals surface area contributed by atoms with Crippen LogP contribution >= 0.6 is 0 Å². The van der Waals surface area contributed by atoms with Crippen molar-refractivity contribution in [3.63, 3.8) is 0 Å². The molecule has 0 N–H and O–H groups in total. The van der Waals surface area contributed by atoms with Gasteiger partial charge in [0.25, 0.3) is 0 Å². The summed E-state index contributed by atoms with van der Waals surface area (Å²) < 4.78 is 31.9. The highest BCUT2D eigenvalue weighted by molar-refractivity contribution is 5.25. The Morgan fingerprint density at radius 2 is 1.67 bits per heavy atom. The Morgan fingerprint density at radius 3 is 2.28 bits per heavy atom. The van der Waals surface area contributed by atoms with Gasteiger partial charge in [0.05, 0.1) is 0 Å². The summed E-state index contributed by atoms with van der Waals surface area (Å²) >= 11 is 0. The molecule has 0 bridgehead atoms. The van der Waals surface area contributed by atoms with E-state index in [1.54, 1.807) is 24.3 Å². The fraction of sp³-hybridized carbons (Fsp3) is 0.200. The Labute approximate surface area is 105 Å². The van der Waals surface area contributed by atoms with Gasteiger partial charge in [0.1, 0.15) is 23.5 Å². The first kappa shape index (κ1) is 12.6. The molecule has 0 aliphatic heterocycles. The SMILES string of the molecule is CCC(Oc1cccc(F)c1)c1cccc(F)c1. The summed E-state index contributed by atoms with van der Waals surface area (Å²) in [6.07, 6.45) is 0.405. The third-order valence-corrected chi connectivity index (χ3v) is 2.67. The summed E-state index contributed by atoms with van der Waals surface area (Å²) in [6.45, 7) is 1.94. The molecule has 94 valence electrons. The third-order valence-electron chi connectivity index (χ3n) is 2.67. The lowest BCUT2D eigenvalue weighted by molar-refractivity contribution is 0.200. The first-order valence-corrected chi connectivity index (χ1v) is 5.86. The van der Waals surface area contributed by atoms with Crippen LogP contribution < -0.4 is 4.74 Å². The van der Waals surface area contributed by atoms with E-state index in [9.17, 15) is 8.78 Å². The fourth-order valence-electron chi connectivity index (χ4n) is 1.80. The van der Waals surface area contributed by atoms with Gasteiger partial charge in [-0.3, -0.25) is 0 Å². The average Bonchev–Trinajstić information content (AvgIpc) is 2.36. The van der Waals surface area contributed by atoms with Crippen molar-refractivity contribution in [2.45, 2.75) is 19.4 Å². The van der Waals surface area contributed by atoms with E-state index in [-0.39, 0.29) is 17.7 Å². The van der Waals surface area contributed by atoms with Gasteiger partial charge in [-0.1, -0.05) is 25.1 Å². The molecule has 2 aromatic carbocycles. The molecular formula is C15H14F2O. The van der Waals surface area contributed by atoms with E-state index in [4.69, 9.17) is 4.74 Å².